The molecule has 0 heterocycles. The highest BCUT2D eigenvalue weighted by Gasteiger charge is 2.02. The number of ether oxygens (including phenoxy) is 1. The van der Waals surface area contributed by atoms with Gasteiger partial charge in [-0.2, -0.15) is 0 Å². The lowest BCUT2D eigenvalue weighted by atomic mass is 10.1. The monoisotopic (exact) mass is 360 g/mol. The van der Waals surface area contributed by atoms with Crippen LogP contribution in [0.25, 0.3) is 0 Å². The molecule has 0 aliphatic carbocycles. The van der Waals surface area contributed by atoms with Crippen molar-refractivity contribution in [1.29, 1.82) is 0 Å². The first-order valence-electron chi connectivity index (χ1n) is 5.94. The van der Waals surface area contributed by atoms with Crippen LogP contribution in [0.1, 0.15) is 25.3 Å². The second kappa shape index (κ2) is 8.13. The molecule has 0 bridgehead atoms. The largest absolute Gasteiger partial charge is 0.492 e. The summed E-state index contributed by atoms with van der Waals surface area (Å²) in [6, 6.07) is 5.95. The molecule has 0 amide bonds. The lowest BCUT2D eigenvalue weighted by Gasteiger charge is -2.09. The predicted octanol–water partition coefficient (Wildman–Crippen LogP) is 3.65. The average molecular weight is 360 g/mol. The third kappa shape index (κ3) is 5.53. The van der Waals surface area contributed by atoms with Crippen LogP contribution in [0.2, 0.25) is 0 Å². The highest BCUT2D eigenvalue weighted by atomic mass is 127. The fourth-order valence-electron chi connectivity index (χ4n) is 1.41. The van der Waals surface area contributed by atoms with Crippen LogP contribution in [0.5, 0.6) is 5.75 Å². The first-order chi connectivity index (χ1) is 8.63. The number of hydrogen-bond acceptors (Lipinski definition) is 2. The number of aliphatic carboxylic acids is 1. The molecule has 0 atom stereocenters. The van der Waals surface area contributed by atoms with Crippen LogP contribution in [0.3, 0.4) is 0 Å². The second-order valence-corrected chi connectivity index (χ2v) is 5.07. The van der Waals surface area contributed by atoms with Gasteiger partial charge in [0, 0.05) is 6.08 Å². The van der Waals surface area contributed by atoms with E-state index in [4.69, 9.17) is 9.84 Å². The Kier molecular flexibility index (Phi) is 6.78. The van der Waals surface area contributed by atoms with Crippen LogP contribution in [-0.4, -0.2) is 17.7 Å². The molecule has 98 valence electrons. The van der Waals surface area contributed by atoms with Gasteiger partial charge in [0.05, 0.1) is 10.2 Å². The maximum Gasteiger partial charge on any atom is 0.327 e. The summed E-state index contributed by atoms with van der Waals surface area (Å²) in [5, 5.41) is 8.52. The molecule has 0 fully saturated rings. The standard InChI is InChI=1S/C14H17IO3/c1-2-3-9-18-13-10-11(7-8-12(13)15)5-4-6-14(16)17/h4,6-8,10H,2-3,5,9H2,1H3,(H,16,17)/b6-4+. The maximum atomic E-state index is 10.4. The summed E-state index contributed by atoms with van der Waals surface area (Å²) in [5.41, 5.74) is 1.06. The number of rotatable bonds is 7. The molecule has 0 aliphatic heterocycles. The van der Waals surface area contributed by atoms with Crippen molar-refractivity contribution in [3.05, 3.63) is 39.5 Å². The van der Waals surface area contributed by atoms with Crippen LogP contribution in [0, 0.1) is 3.57 Å². The van der Waals surface area contributed by atoms with Crippen LogP contribution in [0.4, 0.5) is 0 Å². The van der Waals surface area contributed by atoms with Gasteiger partial charge in [-0.15, -0.1) is 0 Å². The zero-order valence-electron chi connectivity index (χ0n) is 10.4. The van der Waals surface area contributed by atoms with E-state index in [2.05, 4.69) is 29.5 Å². The van der Waals surface area contributed by atoms with Crippen LogP contribution < -0.4 is 4.74 Å². The fourth-order valence-corrected chi connectivity index (χ4v) is 1.90. The third-order valence-corrected chi connectivity index (χ3v) is 3.26. The summed E-state index contributed by atoms with van der Waals surface area (Å²) < 4.78 is 6.78. The molecule has 0 spiro atoms. The summed E-state index contributed by atoms with van der Waals surface area (Å²) in [4.78, 5) is 10.4. The van der Waals surface area contributed by atoms with Gasteiger partial charge < -0.3 is 9.84 Å². The van der Waals surface area contributed by atoms with E-state index >= 15 is 0 Å². The van der Waals surface area contributed by atoms with E-state index in [0.717, 1.165) is 40.4 Å². The number of unbranched alkanes of at least 4 members (excludes halogenated alkanes) is 1. The van der Waals surface area contributed by atoms with Gasteiger partial charge in [-0.05, 0) is 53.1 Å². The SMILES string of the molecule is CCCCOc1cc(C/C=C/C(=O)O)ccc1I. The predicted molar refractivity (Wildman–Crippen MR) is 80.0 cm³/mol. The Bertz CT molecular complexity index is 427. The number of benzene rings is 1. The molecule has 1 rings (SSSR count). The van der Waals surface area contributed by atoms with E-state index in [-0.39, 0.29) is 0 Å². The van der Waals surface area contributed by atoms with E-state index in [1.807, 2.05) is 18.2 Å². The van der Waals surface area contributed by atoms with E-state index in [0.29, 0.717) is 6.42 Å². The molecule has 0 aromatic heterocycles. The molecular weight excluding hydrogens is 343 g/mol. The highest BCUT2D eigenvalue weighted by Crippen LogP contribution is 2.23. The molecule has 0 aliphatic rings. The maximum absolute atomic E-state index is 10.4. The van der Waals surface area contributed by atoms with Crippen molar-refractivity contribution in [2.24, 2.45) is 0 Å². The van der Waals surface area contributed by atoms with Crippen molar-refractivity contribution >= 4 is 28.6 Å². The molecule has 4 heteroatoms. The quantitative estimate of drug-likeness (QED) is 0.459. The minimum absolute atomic E-state index is 0.605. The van der Waals surface area contributed by atoms with E-state index in [1.165, 1.54) is 0 Å². The Hall–Kier alpha value is -1.04. The first kappa shape index (κ1) is 15.0. The molecule has 0 saturated carbocycles. The molecule has 3 nitrogen and oxygen atoms in total. The Morgan fingerprint density at radius 2 is 2.28 bits per heavy atom. The van der Waals surface area contributed by atoms with Gasteiger partial charge in [0.1, 0.15) is 5.75 Å². The number of hydrogen-bond donors (Lipinski definition) is 1. The van der Waals surface area contributed by atoms with Crippen molar-refractivity contribution in [3.63, 3.8) is 0 Å². The lowest BCUT2D eigenvalue weighted by Crippen LogP contribution is -1.99. The lowest BCUT2D eigenvalue weighted by molar-refractivity contribution is -0.131. The van der Waals surface area contributed by atoms with Crippen LogP contribution >= 0.6 is 22.6 Å². The second-order valence-electron chi connectivity index (χ2n) is 3.91. The van der Waals surface area contributed by atoms with Gasteiger partial charge in [0.15, 0.2) is 0 Å². The molecular formula is C14H17IO3. The normalized spacial score (nSPS) is 10.8. The summed E-state index contributed by atoms with van der Waals surface area (Å²) in [5.74, 6) is -0.0368. The fraction of sp³-hybridized carbons (Fsp3) is 0.357. The average Bonchev–Trinajstić information content (AvgIpc) is 2.33. The van der Waals surface area contributed by atoms with E-state index in [1.54, 1.807) is 6.08 Å². The highest BCUT2D eigenvalue weighted by molar-refractivity contribution is 14.1. The van der Waals surface area contributed by atoms with Crippen molar-refractivity contribution in [1.82, 2.24) is 0 Å². The molecule has 0 saturated heterocycles. The Labute approximate surface area is 121 Å². The number of carbonyl (C=O) groups is 1. The summed E-state index contributed by atoms with van der Waals surface area (Å²) in [6.07, 6.45) is 5.56. The Morgan fingerprint density at radius 1 is 1.50 bits per heavy atom. The topological polar surface area (TPSA) is 46.5 Å². The number of carboxylic acids is 1. The summed E-state index contributed by atoms with van der Waals surface area (Å²) in [7, 11) is 0. The third-order valence-electron chi connectivity index (χ3n) is 2.37. The van der Waals surface area contributed by atoms with Crippen LogP contribution in [-0.2, 0) is 11.2 Å². The van der Waals surface area contributed by atoms with Crippen molar-refractivity contribution in [2.75, 3.05) is 6.61 Å². The summed E-state index contributed by atoms with van der Waals surface area (Å²) in [6.45, 7) is 2.85. The minimum Gasteiger partial charge on any atom is -0.492 e. The van der Waals surface area contributed by atoms with Crippen molar-refractivity contribution < 1.29 is 14.6 Å². The van der Waals surface area contributed by atoms with Gasteiger partial charge >= 0.3 is 5.97 Å². The van der Waals surface area contributed by atoms with Gasteiger partial charge in [-0.25, -0.2) is 4.79 Å². The van der Waals surface area contributed by atoms with E-state index < -0.39 is 5.97 Å². The smallest absolute Gasteiger partial charge is 0.327 e. The Balaban J connectivity index is 2.64. The first-order valence-corrected chi connectivity index (χ1v) is 7.02. The summed E-state index contributed by atoms with van der Waals surface area (Å²) >= 11 is 2.24. The zero-order chi connectivity index (χ0) is 13.4. The van der Waals surface area contributed by atoms with Gasteiger partial charge in [-0.3, -0.25) is 0 Å². The molecule has 18 heavy (non-hydrogen) atoms. The molecule has 1 aromatic carbocycles. The zero-order valence-corrected chi connectivity index (χ0v) is 12.5. The van der Waals surface area contributed by atoms with Gasteiger partial charge in [0.25, 0.3) is 0 Å². The van der Waals surface area contributed by atoms with Crippen molar-refractivity contribution in [2.45, 2.75) is 26.2 Å². The molecule has 0 radical (unpaired) electrons. The minimum atomic E-state index is -0.917. The molecule has 1 N–H and O–H groups in total. The number of halogens is 1. The number of carboxylic acid groups (broad SMARTS) is 1. The van der Waals surface area contributed by atoms with E-state index in [9.17, 15) is 4.79 Å². The Morgan fingerprint density at radius 3 is 2.94 bits per heavy atom. The molecule has 1 aromatic rings. The van der Waals surface area contributed by atoms with Crippen LogP contribution in [0.15, 0.2) is 30.4 Å². The van der Waals surface area contributed by atoms with Crippen molar-refractivity contribution in [3.8, 4) is 5.75 Å². The number of allylic oxidation sites excluding steroid dienone is 1. The van der Waals surface area contributed by atoms with Gasteiger partial charge in [0.2, 0.25) is 0 Å². The molecule has 0 unspecified atom stereocenters. The van der Waals surface area contributed by atoms with Gasteiger partial charge in [-0.1, -0.05) is 25.5 Å².